The van der Waals surface area contributed by atoms with Gasteiger partial charge in [-0.1, -0.05) is 29.8 Å². The Bertz CT molecular complexity index is 250. The Labute approximate surface area is 84.1 Å². The van der Waals surface area contributed by atoms with Crippen molar-refractivity contribution in [3.8, 4) is 0 Å². The fraction of sp³-hybridized carbons (Fsp3) is 0.400. The van der Waals surface area contributed by atoms with Gasteiger partial charge in [0.15, 0.2) is 0 Å². The molecule has 2 nitrogen and oxygen atoms in total. The normalized spacial score (nSPS) is 10.3. The van der Waals surface area contributed by atoms with Gasteiger partial charge in [-0.3, -0.25) is 0 Å². The average molecular weight is 201 g/mol. The summed E-state index contributed by atoms with van der Waals surface area (Å²) in [6.45, 7) is 3.12. The fourth-order valence-corrected chi connectivity index (χ4v) is 1.42. The zero-order valence-corrected chi connectivity index (χ0v) is 8.56. The van der Waals surface area contributed by atoms with Crippen LogP contribution >= 0.6 is 11.6 Å². The lowest BCUT2D eigenvalue weighted by atomic mass is 10.2. The third kappa shape index (κ3) is 3.77. The first-order chi connectivity index (χ1) is 6.34. The highest BCUT2D eigenvalue weighted by Gasteiger charge is 1.99. The molecule has 13 heavy (non-hydrogen) atoms. The van der Waals surface area contributed by atoms with Gasteiger partial charge >= 0.3 is 0 Å². The fourth-order valence-electron chi connectivity index (χ4n) is 1.21. The zero-order valence-electron chi connectivity index (χ0n) is 7.80. The van der Waals surface area contributed by atoms with Crippen molar-refractivity contribution < 1.29 is 11.1 Å². The molecule has 0 aliphatic heterocycles. The Morgan fingerprint density at radius 3 is 2.77 bits per heavy atom. The van der Waals surface area contributed by atoms with Gasteiger partial charge in [0.1, 0.15) is 6.54 Å². The molecule has 0 amide bonds. The molecule has 0 radical (unpaired) electrons. The van der Waals surface area contributed by atoms with Crippen LogP contribution in [0.2, 0.25) is 5.02 Å². The van der Waals surface area contributed by atoms with E-state index >= 15 is 0 Å². The minimum absolute atomic E-state index is 0.869. The molecule has 0 aliphatic carbocycles. The molecule has 0 aromatic heterocycles. The molecule has 5 N–H and O–H groups in total. The Kier molecular flexibility index (Phi) is 4.83. The van der Waals surface area contributed by atoms with E-state index in [1.165, 1.54) is 12.0 Å². The smallest absolute Gasteiger partial charge is 0.103 e. The Morgan fingerprint density at radius 1 is 1.31 bits per heavy atom. The van der Waals surface area contributed by atoms with Gasteiger partial charge in [0.2, 0.25) is 0 Å². The van der Waals surface area contributed by atoms with Crippen molar-refractivity contribution in [1.82, 2.24) is 0 Å². The Hall–Kier alpha value is -0.570. The van der Waals surface area contributed by atoms with E-state index in [4.69, 9.17) is 11.6 Å². The Balaban J connectivity index is 2.32. The summed E-state index contributed by atoms with van der Waals surface area (Å²) < 4.78 is 0. The second kappa shape index (κ2) is 5.97. The molecule has 1 aromatic carbocycles. The standard InChI is InChI=1S/C10H15ClN2/c11-10-5-2-1-4-9(10)8-13-7-3-6-12/h1-2,4-5,13H,3,6-8,12H2/p+2. The summed E-state index contributed by atoms with van der Waals surface area (Å²) in [5.41, 5.74) is 5.02. The Morgan fingerprint density at radius 2 is 2.08 bits per heavy atom. The maximum absolute atomic E-state index is 6.00. The summed E-state index contributed by atoms with van der Waals surface area (Å²) in [5.74, 6) is 0. The molecule has 0 saturated carbocycles. The molecule has 1 rings (SSSR count). The molecule has 0 unspecified atom stereocenters. The van der Waals surface area contributed by atoms with Crippen molar-refractivity contribution in [2.75, 3.05) is 13.1 Å². The van der Waals surface area contributed by atoms with E-state index in [-0.39, 0.29) is 0 Å². The average Bonchev–Trinajstić information content (AvgIpc) is 2.15. The number of quaternary nitrogens is 2. The highest BCUT2D eigenvalue weighted by Crippen LogP contribution is 2.12. The van der Waals surface area contributed by atoms with Crippen LogP contribution in [-0.4, -0.2) is 13.1 Å². The van der Waals surface area contributed by atoms with Crippen LogP contribution in [0.15, 0.2) is 24.3 Å². The van der Waals surface area contributed by atoms with Gasteiger partial charge < -0.3 is 11.1 Å². The lowest BCUT2D eigenvalue weighted by Crippen LogP contribution is -2.83. The van der Waals surface area contributed by atoms with E-state index in [2.05, 4.69) is 17.1 Å². The number of hydrogen-bond acceptors (Lipinski definition) is 0. The summed E-state index contributed by atoms with van der Waals surface area (Å²) in [7, 11) is 0. The maximum atomic E-state index is 6.00. The molecule has 0 atom stereocenters. The minimum atomic E-state index is 0.869. The van der Waals surface area contributed by atoms with Gasteiger partial charge in [-0.25, -0.2) is 0 Å². The van der Waals surface area contributed by atoms with Crippen molar-refractivity contribution in [3.05, 3.63) is 34.9 Å². The highest BCUT2D eigenvalue weighted by molar-refractivity contribution is 6.31. The number of rotatable bonds is 5. The maximum Gasteiger partial charge on any atom is 0.103 e. The van der Waals surface area contributed by atoms with Crippen LogP contribution in [0, 0.1) is 0 Å². The van der Waals surface area contributed by atoms with Gasteiger partial charge in [-0.15, -0.1) is 0 Å². The third-order valence-electron chi connectivity index (χ3n) is 1.98. The van der Waals surface area contributed by atoms with Gasteiger partial charge in [0.25, 0.3) is 0 Å². The summed E-state index contributed by atoms with van der Waals surface area (Å²) in [6.07, 6.45) is 1.17. The lowest BCUT2D eigenvalue weighted by Gasteiger charge is -2.02. The van der Waals surface area contributed by atoms with Gasteiger partial charge in [-0.2, -0.15) is 0 Å². The molecule has 0 spiro atoms. The van der Waals surface area contributed by atoms with Crippen LogP contribution in [0.5, 0.6) is 0 Å². The first-order valence-corrected chi connectivity index (χ1v) is 5.06. The topological polar surface area (TPSA) is 44.2 Å². The molecular formula is C10H17ClN2+2. The molecule has 3 heteroatoms. The van der Waals surface area contributed by atoms with Crippen LogP contribution in [0.4, 0.5) is 0 Å². The first kappa shape index (κ1) is 10.5. The molecule has 1 aromatic rings. The first-order valence-electron chi connectivity index (χ1n) is 4.69. The molecule has 0 bridgehead atoms. The van der Waals surface area contributed by atoms with Gasteiger partial charge in [0.05, 0.1) is 13.1 Å². The van der Waals surface area contributed by atoms with E-state index in [1.807, 2.05) is 18.2 Å². The number of nitrogens with two attached hydrogens (primary N) is 1. The monoisotopic (exact) mass is 200 g/mol. The van der Waals surface area contributed by atoms with Crippen molar-refractivity contribution in [2.24, 2.45) is 0 Å². The van der Waals surface area contributed by atoms with Crippen LogP contribution in [0.3, 0.4) is 0 Å². The molecule has 0 saturated heterocycles. The van der Waals surface area contributed by atoms with E-state index in [0.29, 0.717) is 0 Å². The number of halogens is 1. The SMILES string of the molecule is [NH3+]CCC[NH2+]Cc1ccccc1Cl. The molecule has 0 aliphatic rings. The highest BCUT2D eigenvalue weighted by atomic mass is 35.5. The number of hydrogen-bond donors (Lipinski definition) is 2. The van der Waals surface area contributed by atoms with Crippen molar-refractivity contribution in [1.29, 1.82) is 0 Å². The minimum Gasteiger partial charge on any atom is -0.357 e. The largest absolute Gasteiger partial charge is 0.357 e. The molecule has 0 fully saturated rings. The predicted molar refractivity (Wildman–Crippen MR) is 54.3 cm³/mol. The van der Waals surface area contributed by atoms with Crippen LogP contribution < -0.4 is 11.1 Å². The molecule has 0 heterocycles. The molecule has 72 valence electrons. The summed E-state index contributed by atoms with van der Waals surface area (Å²) in [5, 5.41) is 3.14. The third-order valence-corrected chi connectivity index (χ3v) is 2.35. The second-order valence-corrected chi connectivity index (χ2v) is 3.49. The van der Waals surface area contributed by atoms with E-state index in [1.54, 1.807) is 0 Å². The van der Waals surface area contributed by atoms with Gasteiger partial charge in [0, 0.05) is 17.0 Å². The quantitative estimate of drug-likeness (QED) is 0.631. The summed E-state index contributed by atoms with van der Waals surface area (Å²) in [4.78, 5) is 0. The van der Waals surface area contributed by atoms with Crippen LogP contribution in [0.25, 0.3) is 0 Å². The van der Waals surface area contributed by atoms with Gasteiger partial charge in [-0.05, 0) is 6.07 Å². The second-order valence-electron chi connectivity index (χ2n) is 3.08. The zero-order chi connectivity index (χ0) is 9.52. The van der Waals surface area contributed by atoms with Crippen LogP contribution in [-0.2, 0) is 6.54 Å². The van der Waals surface area contributed by atoms with Crippen molar-refractivity contribution in [3.63, 3.8) is 0 Å². The van der Waals surface area contributed by atoms with E-state index in [0.717, 1.165) is 24.7 Å². The molecular weight excluding hydrogens is 184 g/mol. The van der Waals surface area contributed by atoms with Crippen molar-refractivity contribution in [2.45, 2.75) is 13.0 Å². The van der Waals surface area contributed by atoms with E-state index < -0.39 is 0 Å². The summed E-state index contributed by atoms with van der Waals surface area (Å²) >= 11 is 6.00. The predicted octanol–water partition coefficient (Wildman–Crippen LogP) is 0.0354. The lowest BCUT2D eigenvalue weighted by molar-refractivity contribution is -0.672. The van der Waals surface area contributed by atoms with Crippen LogP contribution in [0.1, 0.15) is 12.0 Å². The van der Waals surface area contributed by atoms with Crippen molar-refractivity contribution >= 4 is 11.6 Å². The number of benzene rings is 1. The van der Waals surface area contributed by atoms with E-state index in [9.17, 15) is 0 Å². The summed E-state index contributed by atoms with van der Waals surface area (Å²) in [6, 6.07) is 7.99.